The van der Waals surface area contributed by atoms with Crippen LogP contribution >= 0.6 is 0 Å². The number of amides is 1. The minimum absolute atomic E-state index is 0. The summed E-state index contributed by atoms with van der Waals surface area (Å²) >= 11 is 0. The number of primary sulfonamides is 1. The number of carboxylic acids is 2. The molecule has 1 aromatic carbocycles. The summed E-state index contributed by atoms with van der Waals surface area (Å²) in [6.45, 7) is -1.32. The zero-order chi connectivity index (χ0) is 18.3. The van der Waals surface area contributed by atoms with E-state index in [1.807, 2.05) is 0 Å². The molecule has 0 aliphatic rings. The summed E-state index contributed by atoms with van der Waals surface area (Å²) in [7, 11) is -3.86. The summed E-state index contributed by atoms with van der Waals surface area (Å²) in [5.74, 6) is -3.46. The first-order valence-electron chi connectivity index (χ1n) is 6.62. The number of carbonyl (C=O) groups excluding carboxylic acids is 3. The molecule has 3 N–H and O–H groups in total. The van der Waals surface area contributed by atoms with Crippen molar-refractivity contribution < 1.29 is 50.1 Å². The Kier molecular flexibility index (Phi) is 9.31. The van der Waals surface area contributed by atoms with Gasteiger partial charge in [0, 0.05) is 31.7 Å². The molecule has 0 fully saturated rings. The molecule has 1 aromatic rings. The topological polar surface area (TPSA) is 173 Å². The number of hydrogen-bond donors (Lipinski definition) is 2. The maximum atomic E-state index is 11.9. The average molecular weight is 421 g/mol. The summed E-state index contributed by atoms with van der Waals surface area (Å²) in [4.78, 5) is 33.8. The maximum Gasteiger partial charge on any atom is 2.00 e. The molecule has 0 heterocycles. The van der Waals surface area contributed by atoms with Crippen LogP contribution in [0.4, 0.5) is 0 Å². The van der Waals surface area contributed by atoms with Crippen molar-refractivity contribution in [2.75, 3.05) is 26.2 Å². The third-order valence-electron chi connectivity index (χ3n) is 2.86. The van der Waals surface area contributed by atoms with E-state index < -0.39 is 41.0 Å². The number of nitrogens with zero attached hydrogens (tertiary/aromatic N) is 1. The second-order valence-electron chi connectivity index (χ2n) is 4.78. The van der Waals surface area contributed by atoms with Crippen molar-refractivity contribution in [3.05, 3.63) is 29.8 Å². The number of benzene rings is 1. The number of nitrogens with one attached hydrogen (secondary N) is 1. The second kappa shape index (κ2) is 10.1. The van der Waals surface area contributed by atoms with Crippen molar-refractivity contribution >= 4 is 27.9 Å². The minimum Gasteiger partial charge on any atom is -0.549 e. The van der Waals surface area contributed by atoms with Gasteiger partial charge in [0.1, 0.15) is 0 Å². The molecule has 25 heavy (non-hydrogen) atoms. The molecule has 0 aliphatic heterocycles. The number of nitrogens with two attached hydrogens (primary N) is 1. The zero-order valence-electron chi connectivity index (χ0n) is 12.7. The number of sulfonamides is 1. The average Bonchev–Trinajstić information content (AvgIpc) is 2.45. The van der Waals surface area contributed by atoms with E-state index in [1.54, 1.807) is 0 Å². The first kappa shape index (κ1) is 23.0. The quantitative estimate of drug-likeness (QED) is 0.379. The predicted molar refractivity (Wildman–Crippen MR) is 76.6 cm³/mol. The van der Waals surface area contributed by atoms with Gasteiger partial charge in [0.25, 0.3) is 5.91 Å². The molecule has 0 aromatic heterocycles. The van der Waals surface area contributed by atoms with Crippen LogP contribution in [-0.2, 0) is 36.7 Å². The Balaban J connectivity index is 0.00000576. The van der Waals surface area contributed by atoms with Crippen LogP contribution in [0.15, 0.2) is 29.2 Å². The van der Waals surface area contributed by atoms with Gasteiger partial charge < -0.3 is 25.1 Å². The van der Waals surface area contributed by atoms with E-state index in [-0.39, 0.29) is 40.6 Å². The van der Waals surface area contributed by atoms with Gasteiger partial charge in [-0.2, -0.15) is 0 Å². The van der Waals surface area contributed by atoms with E-state index in [1.165, 1.54) is 24.3 Å². The fraction of sp³-hybridized carbons (Fsp3) is 0.308. The van der Waals surface area contributed by atoms with Crippen LogP contribution in [-0.4, -0.2) is 57.3 Å². The predicted octanol–water partition coefficient (Wildman–Crippen LogP) is -4.14. The van der Waals surface area contributed by atoms with Gasteiger partial charge in [-0.05, 0) is 24.3 Å². The van der Waals surface area contributed by atoms with Crippen molar-refractivity contribution in [1.29, 1.82) is 0 Å². The van der Waals surface area contributed by atoms with Crippen molar-refractivity contribution in [2.45, 2.75) is 4.90 Å². The Bertz CT molecular complexity index is 706. The number of hydrogen-bond acceptors (Lipinski definition) is 8. The van der Waals surface area contributed by atoms with Crippen molar-refractivity contribution in [1.82, 2.24) is 10.2 Å². The van der Waals surface area contributed by atoms with E-state index in [9.17, 15) is 33.0 Å². The van der Waals surface area contributed by atoms with Crippen LogP contribution in [0.25, 0.3) is 0 Å². The Hall–Kier alpha value is -1.98. The van der Waals surface area contributed by atoms with Gasteiger partial charge in [0.2, 0.25) is 10.0 Å². The fourth-order valence-electron chi connectivity index (χ4n) is 1.80. The molecular weight excluding hydrogens is 406 g/mol. The molecule has 0 bridgehead atoms. The van der Waals surface area contributed by atoms with E-state index in [0.717, 1.165) is 4.90 Å². The molecule has 1 rings (SSSR count). The van der Waals surface area contributed by atoms with Crippen LogP contribution in [0, 0.1) is 0 Å². The summed E-state index contributed by atoms with van der Waals surface area (Å²) < 4.78 is 22.2. The van der Waals surface area contributed by atoms with E-state index in [0.29, 0.717) is 0 Å². The third kappa shape index (κ3) is 8.61. The van der Waals surface area contributed by atoms with Gasteiger partial charge in [0.15, 0.2) is 0 Å². The third-order valence-corrected chi connectivity index (χ3v) is 3.79. The number of carbonyl (C=O) groups is 3. The number of aliphatic carboxylic acids is 2. The number of rotatable bonds is 9. The molecule has 0 atom stereocenters. The molecule has 12 heteroatoms. The Morgan fingerprint density at radius 2 is 1.52 bits per heavy atom. The summed E-state index contributed by atoms with van der Waals surface area (Å²) in [5, 5.41) is 28.4. The summed E-state index contributed by atoms with van der Waals surface area (Å²) in [5.41, 5.74) is 0.161. The summed E-state index contributed by atoms with van der Waals surface area (Å²) in [6.07, 6.45) is 0. The first-order chi connectivity index (χ1) is 11.1. The van der Waals surface area contributed by atoms with Crippen LogP contribution in [0.3, 0.4) is 0 Å². The molecule has 0 aliphatic carbocycles. The van der Waals surface area contributed by atoms with Crippen LogP contribution in [0.2, 0.25) is 0 Å². The van der Waals surface area contributed by atoms with Gasteiger partial charge in [-0.25, -0.2) is 13.6 Å². The van der Waals surface area contributed by atoms with E-state index in [2.05, 4.69) is 5.32 Å². The maximum absolute atomic E-state index is 11.9. The zero-order valence-corrected chi connectivity index (χ0v) is 14.5. The van der Waals surface area contributed by atoms with Gasteiger partial charge in [-0.3, -0.25) is 9.69 Å². The van der Waals surface area contributed by atoms with E-state index in [4.69, 9.17) is 5.14 Å². The SMILES string of the molecule is NS(=O)(=O)c1ccc(C(=O)NCCN(CC(=O)[O-])CC(=O)[O-])cc1.[Cu+2]. The van der Waals surface area contributed by atoms with E-state index >= 15 is 0 Å². The monoisotopic (exact) mass is 420 g/mol. The van der Waals surface area contributed by atoms with Crippen LogP contribution in [0.1, 0.15) is 10.4 Å². The normalized spacial score (nSPS) is 10.8. The van der Waals surface area contributed by atoms with Gasteiger partial charge in [-0.15, -0.1) is 0 Å². The standard InChI is InChI=1S/C13H17N3O7S.Cu/c14-24(22,23)10-3-1-9(2-4-10)13(21)15-5-6-16(7-11(17)18)8-12(19)20;/h1-4H,5-8H2,(H,15,21)(H,17,18)(H,19,20)(H2,14,22,23);/q;+2/p-2. The molecule has 0 spiro atoms. The van der Waals surface area contributed by atoms with Gasteiger partial charge in [0.05, 0.1) is 16.8 Å². The molecule has 1 amide bonds. The van der Waals surface area contributed by atoms with Crippen LogP contribution < -0.4 is 20.7 Å². The van der Waals surface area contributed by atoms with Crippen molar-refractivity contribution in [2.24, 2.45) is 5.14 Å². The van der Waals surface area contributed by atoms with Crippen LogP contribution in [0.5, 0.6) is 0 Å². The Labute approximate surface area is 154 Å². The molecule has 1 radical (unpaired) electrons. The molecule has 141 valence electrons. The first-order valence-corrected chi connectivity index (χ1v) is 8.17. The fourth-order valence-corrected chi connectivity index (χ4v) is 2.32. The Morgan fingerprint density at radius 3 is 1.92 bits per heavy atom. The van der Waals surface area contributed by atoms with Crippen molar-refractivity contribution in [3.63, 3.8) is 0 Å². The summed E-state index contributed by atoms with van der Waals surface area (Å²) in [6, 6.07) is 4.86. The van der Waals surface area contributed by atoms with Gasteiger partial charge >= 0.3 is 17.1 Å². The Morgan fingerprint density at radius 1 is 1.04 bits per heavy atom. The minimum atomic E-state index is -3.86. The van der Waals surface area contributed by atoms with Gasteiger partial charge in [-0.1, -0.05) is 0 Å². The largest absolute Gasteiger partial charge is 2.00 e. The number of carboxylic acid groups (broad SMARTS) is 2. The van der Waals surface area contributed by atoms with Crippen molar-refractivity contribution in [3.8, 4) is 0 Å². The molecular formula is C13H15CuN3O7S. The molecule has 0 saturated heterocycles. The molecule has 10 nitrogen and oxygen atoms in total. The molecule has 0 unspecified atom stereocenters. The second-order valence-corrected chi connectivity index (χ2v) is 6.34. The smallest absolute Gasteiger partial charge is 0.549 e. The molecule has 0 saturated carbocycles.